The quantitative estimate of drug-likeness (QED) is 0.144. The number of hydrogen-bond acceptors (Lipinski definition) is 8. The molecule has 0 saturated carbocycles. The predicted octanol–water partition coefficient (Wildman–Crippen LogP) is 2.32. The lowest BCUT2D eigenvalue weighted by Crippen LogP contribution is -2.29. The summed E-state index contributed by atoms with van der Waals surface area (Å²) in [6, 6.07) is 4.28. The molecule has 0 saturated heterocycles. The molecule has 1 atom stereocenters. The Kier molecular flexibility index (Phi) is 6.80. The van der Waals surface area contributed by atoms with Crippen LogP contribution in [0.5, 0.6) is 0 Å². The molecule has 0 aliphatic carbocycles. The molecule has 2 rings (SSSR count). The molecule has 0 aliphatic rings. The summed E-state index contributed by atoms with van der Waals surface area (Å²) in [6.07, 6.45) is -4.53. The molecule has 14 heteroatoms. The summed E-state index contributed by atoms with van der Waals surface area (Å²) in [5.74, 6) is -0.109. The first-order valence-electron chi connectivity index (χ1n) is 7.90. The normalized spacial score (nSPS) is 14.5. The fraction of sp³-hybridized carbons (Fsp3) is 0.357. The number of rotatable bonds is 8. The first-order chi connectivity index (χ1) is 13.2. The van der Waals surface area contributed by atoms with Crippen molar-refractivity contribution < 1.29 is 27.2 Å². The van der Waals surface area contributed by atoms with Crippen molar-refractivity contribution in [2.24, 2.45) is 5.16 Å². The van der Waals surface area contributed by atoms with E-state index < -0.39 is 21.7 Å². The van der Waals surface area contributed by atoms with Gasteiger partial charge in [-0.15, -0.1) is 0 Å². The van der Waals surface area contributed by atoms with Crippen LogP contribution in [0.1, 0.15) is 18.2 Å². The molecule has 0 amide bonds. The van der Waals surface area contributed by atoms with Gasteiger partial charge in [0.25, 0.3) is 0 Å². The van der Waals surface area contributed by atoms with Gasteiger partial charge in [-0.1, -0.05) is 18.1 Å². The van der Waals surface area contributed by atoms with E-state index in [0.717, 1.165) is 12.1 Å². The Bertz CT molecular complexity index is 928. The molecule has 0 fully saturated rings. The van der Waals surface area contributed by atoms with Crippen molar-refractivity contribution in [3.05, 3.63) is 35.5 Å². The van der Waals surface area contributed by atoms with Crippen LogP contribution in [0.25, 0.3) is 0 Å². The van der Waals surface area contributed by atoms with Gasteiger partial charge in [0, 0.05) is 24.5 Å². The lowest BCUT2D eigenvalue weighted by Gasteiger charge is -2.11. The average molecular weight is 421 g/mol. The maximum atomic E-state index is 12.8. The number of aromatic nitrogens is 2. The lowest BCUT2D eigenvalue weighted by atomic mass is 10.2. The second kappa shape index (κ2) is 8.88. The summed E-state index contributed by atoms with van der Waals surface area (Å²) >= 11 is 0. The largest absolute Gasteiger partial charge is 0.416 e. The minimum Gasteiger partial charge on any atom is -0.409 e. The summed E-state index contributed by atoms with van der Waals surface area (Å²) in [6.45, 7) is 1.95. The van der Waals surface area contributed by atoms with Crippen LogP contribution in [-0.2, 0) is 16.1 Å². The van der Waals surface area contributed by atoms with Gasteiger partial charge in [0.2, 0.25) is 11.7 Å². The van der Waals surface area contributed by atoms with Crippen LogP contribution in [0.2, 0.25) is 0 Å². The Morgan fingerprint density at radius 1 is 1.36 bits per heavy atom. The number of halogens is 3. The number of hydrogen-bond donors (Lipinski definition) is 5. The third-order valence-electron chi connectivity index (χ3n) is 3.42. The smallest absolute Gasteiger partial charge is 0.409 e. The highest BCUT2D eigenvalue weighted by Gasteiger charge is 2.30. The Morgan fingerprint density at radius 2 is 2.11 bits per heavy atom. The molecule has 0 spiro atoms. The zero-order chi connectivity index (χ0) is 20.8. The van der Waals surface area contributed by atoms with Gasteiger partial charge in [-0.3, -0.25) is 0 Å². The van der Waals surface area contributed by atoms with E-state index in [0.29, 0.717) is 0 Å². The van der Waals surface area contributed by atoms with Crippen molar-refractivity contribution in [3.63, 3.8) is 0 Å². The van der Waals surface area contributed by atoms with Crippen molar-refractivity contribution in [1.29, 1.82) is 4.78 Å². The molecule has 28 heavy (non-hydrogen) atoms. The van der Waals surface area contributed by atoms with Crippen LogP contribution in [0, 0.1) is 4.78 Å². The van der Waals surface area contributed by atoms with Gasteiger partial charge < -0.3 is 15.8 Å². The Labute approximate surface area is 158 Å². The molecule has 2 aromatic rings. The summed E-state index contributed by atoms with van der Waals surface area (Å²) < 4.78 is 64.6. The van der Waals surface area contributed by atoms with Gasteiger partial charge in [-0.25, -0.2) is 18.3 Å². The first-order valence-corrected chi connectivity index (χ1v) is 9.63. The summed E-state index contributed by atoms with van der Waals surface area (Å²) in [5.41, 5.74) is -0.954. The van der Waals surface area contributed by atoms with Crippen molar-refractivity contribution in [2.45, 2.75) is 13.1 Å². The highest BCUT2D eigenvalue weighted by molar-refractivity contribution is 7.90. The standard InChI is InChI=1S/C14H18F3N7O3S/c1-2-28(18,26)20-7-6-19-12-11(23-27-24-12)13(22-25)21-10-5-3-4-9(8-10)14(15,16)17/h3-5,8,25H,2,6-7H2,1H3,(H,19,24)(H,21,22)(H2,18,20,26). The van der Waals surface area contributed by atoms with Crippen LogP contribution in [0.3, 0.4) is 0 Å². The number of alkyl halides is 3. The van der Waals surface area contributed by atoms with Gasteiger partial charge in [0.05, 0.1) is 5.56 Å². The number of nitrogens with one attached hydrogen (secondary N) is 4. The molecule has 1 aromatic heterocycles. The van der Waals surface area contributed by atoms with E-state index in [9.17, 15) is 22.6 Å². The second-order valence-electron chi connectivity index (χ2n) is 5.40. The average Bonchev–Trinajstić information content (AvgIpc) is 3.11. The maximum Gasteiger partial charge on any atom is 0.416 e. The minimum atomic E-state index is -4.53. The number of anilines is 2. The van der Waals surface area contributed by atoms with Crippen LogP contribution >= 0.6 is 0 Å². The molecular weight excluding hydrogens is 403 g/mol. The van der Waals surface area contributed by atoms with Crippen molar-refractivity contribution in [2.75, 3.05) is 29.5 Å². The first kappa shape index (κ1) is 21.4. The minimum absolute atomic E-state index is 0.00938. The zero-order valence-electron chi connectivity index (χ0n) is 14.6. The van der Waals surface area contributed by atoms with Crippen molar-refractivity contribution in [3.8, 4) is 0 Å². The van der Waals surface area contributed by atoms with Gasteiger partial charge in [0.15, 0.2) is 5.69 Å². The Hall–Kier alpha value is -2.87. The third-order valence-corrected chi connectivity index (χ3v) is 4.91. The number of benzene rings is 1. The fourth-order valence-corrected chi connectivity index (χ4v) is 2.64. The van der Waals surface area contributed by atoms with E-state index >= 15 is 0 Å². The van der Waals surface area contributed by atoms with E-state index in [1.54, 1.807) is 6.92 Å². The summed E-state index contributed by atoms with van der Waals surface area (Å²) in [7, 11) is -2.87. The van der Waals surface area contributed by atoms with Gasteiger partial charge >= 0.3 is 6.18 Å². The third kappa shape index (κ3) is 5.82. The summed E-state index contributed by atoms with van der Waals surface area (Å²) in [5, 5.41) is 24.6. The Balaban J connectivity index is 2.07. The molecular formula is C14H18F3N7O3S. The molecule has 0 bridgehead atoms. The van der Waals surface area contributed by atoms with E-state index in [4.69, 9.17) is 4.78 Å². The summed E-state index contributed by atoms with van der Waals surface area (Å²) in [4.78, 5) is 0. The molecule has 5 N–H and O–H groups in total. The van der Waals surface area contributed by atoms with E-state index in [1.165, 1.54) is 12.1 Å². The Morgan fingerprint density at radius 3 is 2.75 bits per heavy atom. The van der Waals surface area contributed by atoms with Gasteiger partial charge in [-0.2, -0.15) is 13.2 Å². The van der Waals surface area contributed by atoms with Gasteiger partial charge in [-0.05, 0) is 28.5 Å². The molecule has 1 heterocycles. The highest BCUT2D eigenvalue weighted by Crippen LogP contribution is 2.30. The van der Waals surface area contributed by atoms with E-state index in [2.05, 4.69) is 35.5 Å². The van der Waals surface area contributed by atoms with Crippen LogP contribution in [0.15, 0.2) is 34.1 Å². The van der Waals surface area contributed by atoms with Crippen LogP contribution in [0.4, 0.5) is 24.7 Å². The molecule has 0 aliphatic heterocycles. The second-order valence-corrected chi connectivity index (χ2v) is 7.62. The molecule has 1 unspecified atom stereocenters. The van der Waals surface area contributed by atoms with Crippen LogP contribution in [-0.4, -0.2) is 44.4 Å². The molecule has 154 valence electrons. The zero-order valence-corrected chi connectivity index (χ0v) is 15.4. The van der Waals surface area contributed by atoms with Crippen molar-refractivity contribution >= 4 is 27.3 Å². The maximum absolute atomic E-state index is 12.8. The van der Waals surface area contributed by atoms with E-state index in [1.807, 2.05) is 0 Å². The molecule has 1 aromatic carbocycles. The number of amidine groups is 1. The highest BCUT2D eigenvalue weighted by atomic mass is 32.2. The van der Waals surface area contributed by atoms with Crippen molar-refractivity contribution in [1.82, 2.24) is 15.0 Å². The molecule has 0 radical (unpaired) electrons. The monoisotopic (exact) mass is 421 g/mol. The van der Waals surface area contributed by atoms with Crippen LogP contribution < -0.4 is 15.4 Å². The topological polar surface area (TPSA) is 149 Å². The van der Waals surface area contributed by atoms with E-state index in [-0.39, 0.29) is 41.9 Å². The number of nitrogens with zero attached hydrogens (tertiary/aromatic N) is 3. The SMILES string of the molecule is CCS(=N)(=O)NCCNc1nonc1/C(=N/O)Nc1cccc(C(F)(F)F)c1. The van der Waals surface area contributed by atoms with Gasteiger partial charge in [0.1, 0.15) is 9.92 Å². The molecule has 10 nitrogen and oxygen atoms in total. The number of oxime groups is 1. The fourth-order valence-electron chi connectivity index (χ4n) is 2.00. The predicted molar refractivity (Wildman–Crippen MR) is 95.6 cm³/mol. The lowest BCUT2D eigenvalue weighted by molar-refractivity contribution is -0.137.